The van der Waals surface area contributed by atoms with Gasteiger partial charge in [-0.05, 0) is 56.9 Å². The summed E-state index contributed by atoms with van der Waals surface area (Å²) in [5.74, 6) is -0.746. The lowest BCUT2D eigenvalue weighted by atomic mass is 9.69. The van der Waals surface area contributed by atoms with E-state index in [9.17, 15) is 9.59 Å². The molecule has 184 valence electrons. The van der Waals surface area contributed by atoms with Crippen LogP contribution in [-0.2, 0) is 14.3 Å². The molecule has 0 spiro atoms. The number of hydrogen-bond acceptors (Lipinski definition) is 6. The van der Waals surface area contributed by atoms with Gasteiger partial charge in [0.2, 0.25) is 0 Å². The summed E-state index contributed by atoms with van der Waals surface area (Å²) >= 11 is 6.07. The van der Waals surface area contributed by atoms with Crippen molar-refractivity contribution in [3.8, 4) is 11.5 Å². The summed E-state index contributed by atoms with van der Waals surface area (Å²) in [4.78, 5) is 31.9. The molecule has 2 aliphatic rings. The predicted octanol–water partition coefficient (Wildman–Crippen LogP) is 5.88. The van der Waals surface area contributed by atoms with Gasteiger partial charge in [-0.3, -0.25) is 14.6 Å². The van der Waals surface area contributed by atoms with Gasteiger partial charge in [0.15, 0.2) is 17.3 Å². The number of nitrogens with zero attached hydrogens (tertiary/aromatic N) is 1. The number of esters is 1. The molecule has 35 heavy (non-hydrogen) atoms. The fourth-order valence-electron chi connectivity index (χ4n) is 5.13. The van der Waals surface area contributed by atoms with Crippen molar-refractivity contribution in [1.82, 2.24) is 0 Å². The maximum atomic E-state index is 13.7. The molecule has 0 amide bonds. The van der Waals surface area contributed by atoms with E-state index in [4.69, 9.17) is 30.8 Å². The monoisotopic (exact) mass is 495 g/mol. The SMILES string of the molecule is COc1cccc(C2C3=C(CC(c4ccc(Cl)cc4)CC3=O)N=C(C)C2C(=O)OC(C)C)c1OC. The molecule has 2 aromatic rings. The third-order valence-corrected chi connectivity index (χ3v) is 6.86. The van der Waals surface area contributed by atoms with Crippen molar-refractivity contribution in [3.05, 3.63) is 69.9 Å². The van der Waals surface area contributed by atoms with Gasteiger partial charge in [-0.15, -0.1) is 0 Å². The molecule has 0 saturated carbocycles. The average molecular weight is 496 g/mol. The normalized spacial score (nSPS) is 22.0. The summed E-state index contributed by atoms with van der Waals surface area (Å²) in [6, 6.07) is 13.1. The Morgan fingerprint density at radius 2 is 1.77 bits per heavy atom. The van der Waals surface area contributed by atoms with Crippen molar-refractivity contribution in [2.24, 2.45) is 10.9 Å². The predicted molar refractivity (Wildman–Crippen MR) is 136 cm³/mol. The number of ether oxygens (including phenoxy) is 3. The van der Waals surface area contributed by atoms with Crippen molar-refractivity contribution in [3.63, 3.8) is 0 Å². The van der Waals surface area contributed by atoms with Crippen molar-refractivity contribution in [1.29, 1.82) is 0 Å². The molecule has 6 nitrogen and oxygen atoms in total. The van der Waals surface area contributed by atoms with Crippen LogP contribution in [0.4, 0.5) is 0 Å². The number of Topliss-reactive ketones (excluding diaryl/α,β-unsaturated/α-hetero) is 1. The van der Waals surface area contributed by atoms with E-state index in [1.807, 2.05) is 57.2 Å². The van der Waals surface area contributed by atoms with Crippen LogP contribution in [0, 0.1) is 5.92 Å². The number of aliphatic imine (C=N–C) groups is 1. The number of rotatable bonds is 6. The maximum absolute atomic E-state index is 13.7. The lowest BCUT2D eigenvalue weighted by Gasteiger charge is -2.37. The minimum absolute atomic E-state index is 0.0120. The molecule has 1 aliphatic heterocycles. The fourth-order valence-corrected chi connectivity index (χ4v) is 5.26. The van der Waals surface area contributed by atoms with E-state index in [0.717, 1.165) is 5.56 Å². The quantitative estimate of drug-likeness (QED) is 0.467. The summed E-state index contributed by atoms with van der Waals surface area (Å²) in [7, 11) is 3.12. The lowest BCUT2D eigenvalue weighted by molar-refractivity contribution is -0.150. The first-order chi connectivity index (χ1) is 16.7. The van der Waals surface area contributed by atoms with Crippen molar-refractivity contribution >= 4 is 29.1 Å². The molecule has 0 aromatic heterocycles. The second-order valence-electron chi connectivity index (χ2n) is 9.22. The number of ketones is 1. The first-order valence-corrected chi connectivity index (χ1v) is 12.1. The number of hydrogen-bond donors (Lipinski definition) is 0. The molecule has 2 aromatic carbocycles. The third kappa shape index (κ3) is 4.85. The zero-order chi connectivity index (χ0) is 25.3. The molecule has 3 unspecified atom stereocenters. The van der Waals surface area contributed by atoms with Crippen LogP contribution in [0.15, 0.2) is 58.7 Å². The Kier molecular flexibility index (Phi) is 7.31. The third-order valence-electron chi connectivity index (χ3n) is 6.60. The zero-order valence-electron chi connectivity index (χ0n) is 20.6. The van der Waals surface area contributed by atoms with Crippen LogP contribution < -0.4 is 9.47 Å². The van der Waals surface area contributed by atoms with Crippen molar-refractivity contribution in [2.75, 3.05) is 14.2 Å². The van der Waals surface area contributed by atoms with E-state index >= 15 is 0 Å². The zero-order valence-corrected chi connectivity index (χ0v) is 21.4. The topological polar surface area (TPSA) is 74.2 Å². The molecule has 1 heterocycles. The molecule has 0 bridgehead atoms. The Morgan fingerprint density at radius 1 is 1.06 bits per heavy atom. The number of halogens is 1. The fraction of sp³-hybridized carbons (Fsp3) is 0.393. The number of carbonyl (C=O) groups excluding carboxylic acids is 2. The highest BCUT2D eigenvalue weighted by atomic mass is 35.5. The first kappa shape index (κ1) is 25.0. The van der Waals surface area contributed by atoms with Gasteiger partial charge in [0, 0.05) is 39.9 Å². The van der Waals surface area contributed by atoms with Crippen LogP contribution in [0.5, 0.6) is 11.5 Å². The molecule has 0 N–H and O–H groups in total. The molecule has 0 radical (unpaired) electrons. The number of benzene rings is 2. The van der Waals surface area contributed by atoms with Gasteiger partial charge in [0.1, 0.15) is 5.92 Å². The van der Waals surface area contributed by atoms with Gasteiger partial charge in [-0.25, -0.2) is 0 Å². The molecule has 3 atom stereocenters. The summed E-state index contributed by atoms with van der Waals surface area (Å²) in [6.45, 7) is 5.44. The minimum Gasteiger partial charge on any atom is -0.493 e. The smallest absolute Gasteiger partial charge is 0.315 e. The van der Waals surface area contributed by atoms with Crippen LogP contribution in [0.2, 0.25) is 5.02 Å². The van der Waals surface area contributed by atoms with Crippen LogP contribution in [0.3, 0.4) is 0 Å². The highest BCUT2D eigenvalue weighted by Crippen LogP contribution is 2.50. The van der Waals surface area contributed by atoms with Crippen LogP contribution in [0.25, 0.3) is 0 Å². The van der Waals surface area contributed by atoms with E-state index in [-0.39, 0.29) is 17.8 Å². The maximum Gasteiger partial charge on any atom is 0.315 e. The van der Waals surface area contributed by atoms with Gasteiger partial charge in [-0.2, -0.15) is 0 Å². The first-order valence-electron chi connectivity index (χ1n) is 11.7. The van der Waals surface area contributed by atoms with Gasteiger partial charge < -0.3 is 14.2 Å². The molecule has 4 rings (SSSR count). The van der Waals surface area contributed by atoms with E-state index in [2.05, 4.69) is 0 Å². The molecule has 0 fully saturated rings. The highest BCUT2D eigenvalue weighted by Gasteiger charge is 2.46. The Labute approximate surface area is 210 Å². The second kappa shape index (κ2) is 10.2. The van der Waals surface area contributed by atoms with Crippen LogP contribution in [-0.4, -0.2) is 37.8 Å². The summed E-state index contributed by atoms with van der Waals surface area (Å²) in [6.07, 6.45) is 0.619. The minimum atomic E-state index is -0.742. The number of allylic oxidation sites excluding steroid dienone is 2. The summed E-state index contributed by atoms with van der Waals surface area (Å²) in [5.41, 5.74) is 3.63. The molecular formula is C28H30ClNO5. The van der Waals surface area contributed by atoms with E-state index in [0.29, 0.717) is 51.9 Å². The van der Waals surface area contributed by atoms with Crippen molar-refractivity contribution < 1.29 is 23.8 Å². The van der Waals surface area contributed by atoms with Gasteiger partial charge in [0.05, 0.1) is 20.3 Å². The number of methoxy groups -OCH3 is 2. The number of para-hydroxylation sites is 1. The van der Waals surface area contributed by atoms with Crippen LogP contribution >= 0.6 is 11.6 Å². The average Bonchev–Trinajstić information content (AvgIpc) is 2.82. The Hall–Kier alpha value is -3.12. The molecule has 7 heteroatoms. The summed E-state index contributed by atoms with van der Waals surface area (Å²) in [5, 5.41) is 0.652. The Balaban J connectivity index is 1.86. The molecule has 1 aliphatic carbocycles. The van der Waals surface area contributed by atoms with E-state index < -0.39 is 17.8 Å². The van der Waals surface area contributed by atoms with Gasteiger partial charge in [-0.1, -0.05) is 35.9 Å². The second-order valence-corrected chi connectivity index (χ2v) is 9.65. The highest BCUT2D eigenvalue weighted by molar-refractivity contribution is 6.30. The van der Waals surface area contributed by atoms with Crippen molar-refractivity contribution in [2.45, 2.75) is 51.6 Å². The van der Waals surface area contributed by atoms with E-state index in [1.54, 1.807) is 20.3 Å². The molecular weight excluding hydrogens is 466 g/mol. The largest absolute Gasteiger partial charge is 0.493 e. The summed E-state index contributed by atoms with van der Waals surface area (Å²) < 4.78 is 16.9. The lowest BCUT2D eigenvalue weighted by Crippen LogP contribution is -2.39. The Bertz CT molecular complexity index is 1200. The molecule has 0 saturated heterocycles. The number of carbonyl (C=O) groups is 2. The van der Waals surface area contributed by atoms with Crippen LogP contribution in [0.1, 0.15) is 56.6 Å². The van der Waals surface area contributed by atoms with Gasteiger partial charge in [0.25, 0.3) is 0 Å². The standard InChI is InChI=1S/C28H30ClNO5/c1-15(2)35-28(32)24-16(3)30-21-13-18(17-9-11-19(29)12-10-17)14-22(31)26(21)25(24)20-7-6-8-23(33-4)27(20)34-5/h6-12,15,18,24-25H,13-14H2,1-5H3. The Morgan fingerprint density at radius 3 is 2.40 bits per heavy atom. The van der Waals surface area contributed by atoms with Gasteiger partial charge >= 0.3 is 5.97 Å². The van der Waals surface area contributed by atoms with E-state index in [1.165, 1.54) is 0 Å².